The first-order chi connectivity index (χ1) is 5.90. The third-order valence-corrected chi connectivity index (χ3v) is 2.71. The van der Waals surface area contributed by atoms with Crippen molar-refractivity contribution in [3.8, 4) is 0 Å². The second-order valence-corrected chi connectivity index (χ2v) is 4.52. The van der Waals surface area contributed by atoms with Crippen molar-refractivity contribution in [2.45, 2.75) is 53.0 Å². The standard InChI is InChI=1S/C11H23NO/c1-6-7-10(13)8-12-11(4,5)9(2)3/h9,12H,6-8H2,1-5H3. The molecule has 0 radical (unpaired) electrons. The Labute approximate surface area is 82.1 Å². The summed E-state index contributed by atoms with van der Waals surface area (Å²) in [5.41, 5.74) is 0.0589. The molecule has 0 aliphatic rings. The average molecular weight is 185 g/mol. The smallest absolute Gasteiger partial charge is 0.146 e. The highest BCUT2D eigenvalue weighted by Gasteiger charge is 2.21. The molecule has 0 aliphatic heterocycles. The van der Waals surface area contributed by atoms with Crippen molar-refractivity contribution in [1.29, 1.82) is 0 Å². The number of hydrogen-bond acceptors (Lipinski definition) is 2. The zero-order valence-electron chi connectivity index (χ0n) is 9.61. The van der Waals surface area contributed by atoms with Crippen LogP contribution >= 0.6 is 0 Å². The first kappa shape index (κ1) is 12.6. The predicted molar refractivity (Wildman–Crippen MR) is 56.8 cm³/mol. The van der Waals surface area contributed by atoms with E-state index in [4.69, 9.17) is 0 Å². The molecule has 1 N–H and O–H groups in total. The number of rotatable bonds is 6. The lowest BCUT2D eigenvalue weighted by atomic mass is 9.90. The van der Waals surface area contributed by atoms with Crippen LogP contribution in [0.3, 0.4) is 0 Å². The molecule has 0 saturated heterocycles. The second-order valence-electron chi connectivity index (χ2n) is 4.52. The molecule has 0 amide bonds. The topological polar surface area (TPSA) is 29.1 Å². The SMILES string of the molecule is CCCC(=O)CNC(C)(C)C(C)C. The molecular weight excluding hydrogens is 162 g/mol. The predicted octanol–water partition coefficient (Wildman–Crippen LogP) is 2.38. The number of hydrogen-bond donors (Lipinski definition) is 1. The van der Waals surface area contributed by atoms with E-state index in [1.54, 1.807) is 0 Å². The summed E-state index contributed by atoms with van der Waals surface area (Å²) in [5, 5.41) is 3.29. The van der Waals surface area contributed by atoms with E-state index >= 15 is 0 Å². The van der Waals surface area contributed by atoms with Crippen LogP contribution in [-0.2, 0) is 4.79 Å². The summed E-state index contributed by atoms with van der Waals surface area (Å²) in [6, 6.07) is 0. The molecule has 0 aromatic rings. The second kappa shape index (κ2) is 5.38. The van der Waals surface area contributed by atoms with Gasteiger partial charge < -0.3 is 5.32 Å². The maximum Gasteiger partial charge on any atom is 0.146 e. The van der Waals surface area contributed by atoms with Crippen LogP contribution in [0.15, 0.2) is 0 Å². The Balaban J connectivity index is 3.81. The minimum atomic E-state index is 0.0589. The van der Waals surface area contributed by atoms with Gasteiger partial charge in [-0.25, -0.2) is 0 Å². The van der Waals surface area contributed by atoms with Crippen LogP contribution in [0.25, 0.3) is 0 Å². The molecule has 0 aliphatic carbocycles. The van der Waals surface area contributed by atoms with Gasteiger partial charge in [0.05, 0.1) is 6.54 Å². The molecule has 0 atom stereocenters. The van der Waals surface area contributed by atoms with E-state index in [0.717, 1.165) is 6.42 Å². The van der Waals surface area contributed by atoms with Crippen LogP contribution in [0.1, 0.15) is 47.5 Å². The molecule has 0 heterocycles. The van der Waals surface area contributed by atoms with Crippen molar-refractivity contribution in [3.63, 3.8) is 0 Å². The van der Waals surface area contributed by atoms with Crippen molar-refractivity contribution < 1.29 is 4.79 Å². The lowest BCUT2D eigenvalue weighted by Gasteiger charge is -2.30. The fraction of sp³-hybridized carbons (Fsp3) is 0.909. The van der Waals surface area contributed by atoms with Gasteiger partial charge in [-0.3, -0.25) is 4.79 Å². The van der Waals surface area contributed by atoms with Gasteiger partial charge in [-0.15, -0.1) is 0 Å². The van der Waals surface area contributed by atoms with Gasteiger partial charge in [0.2, 0.25) is 0 Å². The molecule has 0 aromatic heterocycles. The lowest BCUT2D eigenvalue weighted by Crippen LogP contribution is -2.46. The Morgan fingerprint density at radius 1 is 1.38 bits per heavy atom. The highest BCUT2D eigenvalue weighted by molar-refractivity contribution is 5.80. The van der Waals surface area contributed by atoms with Gasteiger partial charge in [0, 0.05) is 12.0 Å². The quantitative estimate of drug-likeness (QED) is 0.688. The Hall–Kier alpha value is -0.370. The van der Waals surface area contributed by atoms with Gasteiger partial charge >= 0.3 is 0 Å². The minimum Gasteiger partial charge on any atom is -0.305 e. The summed E-state index contributed by atoms with van der Waals surface area (Å²) in [5.74, 6) is 0.859. The third kappa shape index (κ3) is 5.04. The fourth-order valence-corrected chi connectivity index (χ4v) is 0.898. The van der Waals surface area contributed by atoms with Crippen LogP contribution in [0.4, 0.5) is 0 Å². The molecule has 2 nitrogen and oxygen atoms in total. The van der Waals surface area contributed by atoms with Crippen molar-refractivity contribution in [2.24, 2.45) is 5.92 Å². The minimum absolute atomic E-state index is 0.0589. The van der Waals surface area contributed by atoms with E-state index in [9.17, 15) is 4.79 Å². The Morgan fingerprint density at radius 3 is 2.31 bits per heavy atom. The summed E-state index contributed by atoms with van der Waals surface area (Å²) in [6.45, 7) is 11.1. The highest BCUT2D eigenvalue weighted by atomic mass is 16.1. The first-order valence-corrected chi connectivity index (χ1v) is 5.17. The average Bonchev–Trinajstić information content (AvgIpc) is 2.01. The van der Waals surface area contributed by atoms with Gasteiger partial charge in [-0.2, -0.15) is 0 Å². The number of carbonyl (C=O) groups is 1. The van der Waals surface area contributed by atoms with E-state index in [1.165, 1.54) is 0 Å². The summed E-state index contributed by atoms with van der Waals surface area (Å²) in [7, 11) is 0. The molecule has 78 valence electrons. The Morgan fingerprint density at radius 2 is 1.92 bits per heavy atom. The number of nitrogens with one attached hydrogen (secondary N) is 1. The van der Waals surface area contributed by atoms with Gasteiger partial charge in [-0.05, 0) is 26.2 Å². The molecule has 0 aromatic carbocycles. The molecule has 0 spiro atoms. The summed E-state index contributed by atoms with van der Waals surface area (Å²) in [4.78, 5) is 11.2. The van der Waals surface area contributed by atoms with Gasteiger partial charge in [-0.1, -0.05) is 20.8 Å². The van der Waals surface area contributed by atoms with Crippen LogP contribution in [0.2, 0.25) is 0 Å². The lowest BCUT2D eigenvalue weighted by molar-refractivity contribution is -0.118. The third-order valence-electron chi connectivity index (χ3n) is 2.71. The summed E-state index contributed by atoms with van der Waals surface area (Å²) >= 11 is 0. The monoisotopic (exact) mass is 185 g/mol. The van der Waals surface area contributed by atoms with Crippen LogP contribution in [0.5, 0.6) is 0 Å². The van der Waals surface area contributed by atoms with Gasteiger partial charge in [0.15, 0.2) is 0 Å². The zero-order valence-corrected chi connectivity index (χ0v) is 9.61. The first-order valence-electron chi connectivity index (χ1n) is 5.17. The van der Waals surface area contributed by atoms with Gasteiger partial charge in [0.25, 0.3) is 0 Å². The molecule has 0 saturated carbocycles. The number of ketones is 1. The van der Waals surface area contributed by atoms with Gasteiger partial charge in [0.1, 0.15) is 5.78 Å². The normalized spacial score (nSPS) is 12.2. The molecule has 0 unspecified atom stereocenters. The van der Waals surface area contributed by atoms with E-state index in [1.807, 2.05) is 6.92 Å². The van der Waals surface area contributed by atoms with Crippen molar-refractivity contribution >= 4 is 5.78 Å². The fourth-order valence-electron chi connectivity index (χ4n) is 0.898. The van der Waals surface area contributed by atoms with Crippen LogP contribution < -0.4 is 5.32 Å². The maximum absolute atomic E-state index is 11.2. The Kier molecular flexibility index (Phi) is 5.23. The van der Waals surface area contributed by atoms with Crippen LogP contribution in [-0.4, -0.2) is 17.9 Å². The van der Waals surface area contributed by atoms with E-state index in [-0.39, 0.29) is 5.54 Å². The summed E-state index contributed by atoms with van der Waals surface area (Å²) < 4.78 is 0. The van der Waals surface area contributed by atoms with Crippen molar-refractivity contribution in [1.82, 2.24) is 5.32 Å². The van der Waals surface area contributed by atoms with Crippen LogP contribution in [0, 0.1) is 5.92 Å². The molecule has 0 bridgehead atoms. The molecule has 13 heavy (non-hydrogen) atoms. The van der Waals surface area contributed by atoms with Crippen molar-refractivity contribution in [2.75, 3.05) is 6.54 Å². The molecular formula is C11H23NO. The number of carbonyl (C=O) groups excluding carboxylic acids is 1. The molecule has 0 fully saturated rings. The van der Waals surface area contributed by atoms with E-state index in [2.05, 4.69) is 33.0 Å². The highest BCUT2D eigenvalue weighted by Crippen LogP contribution is 2.14. The largest absolute Gasteiger partial charge is 0.305 e. The van der Waals surface area contributed by atoms with E-state index in [0.29, 0.717) is 24.7 Å². The molecule has 2 heteroatoms. The summed E-state index contributed by atoms with van der Waals surface area (Å²) in [6.07, 6.45) is 1.64. The molecule has 0 rings (SSSR count). The number of Topliss-reactive ketones (excluding diaryl/α,β-unsaturated/α-hetero) is 1. The zero-order chi connectivity index (χ0) is 10.5. The maximum atomic E-state index is 11.2. The van der Waals surface area contributed by atoms with Crippen molar-refractivity contribution in [3.05, 3.63) is 0 Å². The Bertz CT molecular complexity index is 161. The van der Waals surface area contributed by atoms with E-state index < -0.39 is 0 Å².